The van der Waals surface area contributed by atoms with Crippen LogP contribution >= 0.6 is 0 Å². The van der Waals surface area contributed by atoms with Gasteiger partial charge in [0.1, 0.15) is 0 Å². The Morgan fingerprint density at radius 3 is 2.69 bits per heavy atom. The maximum Gasteiger partial charge on any atom is 0.152 e. The lowest BCUT2D eigenvalue weighted by atomic mass is 10.2. The minimum Gasteiger partial charge on any atom is -0.379 e. The molecular formula is C10H20N2O3S. The third kappa shape index (κ3) is 3.69. The summed E-state index contributed by atoms with van der Waals surface area (Å²) in [5.41, 5.74) is 0. The van der Waals surface area contributed by atoms with Crippen molar-refractivity contribution in [3.05, 3.63) is 0 Å². The van der Waals surface area contributed by atoms with Crippen LogP contribution in [0.5, 0.6) is 0 Å². The maximum atomic E-state index is 11.2. The lowest BCUT2D eigenvalue weighted by molar-refractivity contribution is 0.0703. The fraction of sp³-hybridized carbons (Fsp3) is 1.00. The molecule has 2 rings (SSSR count). The van der Waals surface area contributed by atoms with Gasteiger partial charge in [-0.05, 0) is 13.0 Å². The van der Waals surface area contributed by atoms with E-state index in [9.17, 15) is 8.42 Å². The third-order valence-corrected chi connectivity index (χ3v) is 4.84. The SMILES string of the molecule is O=S1(=O)CCN(CCC2COCCN2)CC1. The van der Waals surface area contributed by atoms with Gasteiger partial charge in [-0.2, -0.15) is 0 Å². The second kappa shape index (κ2) is 5.44. The zero-order chi connectivity index (χ0) is 11.4. The largest absolute Gasteiger partial charge is 0.379 e. The molecule has 1 atom stereocenters. The van der Waals surface area contributed by atoms with Gasteiger partial charge in [0.2, 0.25) is 0 Å². The number of sulfone groups is 1. The molecule has 0 aliphatic carbocycles. The molecule has 2 aliphatic rings. The molecule has 0 saturated carbocycles. The molecule has 0 aromatic heterocycles. The van der Waals surface area contributed by atoms with Gasteiger partial charge in [-0.25, -0.2) is 8.42 Å². The average Bonchev–Trinajstić information content (AvgIpc) is 2.29. The van der Waals surface area contributed by atoms with Gasteiger partial charge in [-0.1, -0.05) is 0 Å². The smallest absolute Gasteiger partial charge is 0.152 e. The van der Waals surface area contributed by atoms with Crippen LogP contribution in [0, 0.1) is 0 Å². The van der Waals surface area contributed by atoms with Crippen LogP contribution in [-0.2, 0) is 14.6 Å². The van der Waals surface area contributed by atoms with Gasteiger partial charge in [0.25, 0.3) is 0 Å². The molecule has 2 saturated heterocycles. The normalized spacial score (nSPS) is 31.4. The number of hydrogen-bond donors (Lipinski definition) is 1. The second-order valence-corrected chi connectivity index (χ2v) is 6.81. The first-order valence-electron chi connectivity index (χ1n) is 5.90. The maximum absolute atomic E-state index is 11.2. The van der Waals surface area contributed by atoms with Gasteiger partial charge in [0.05, 0.1) is 24.7 Å². The first kappa shape index (κ1) is 12.3. The van der Waals surface area contributed by atoms with Crippen LogP contribution in [0.2, 0.25) is 0 Å². The summed E-state index contributed by atoms with van der Waals surface area (Å²) >= 11 is 0. The fourth-order valence-electron chi connectivity index (χ4n) is 2.12. The molecule has 0 amide bonds. The molecule has 16 heavy (non-hydrogen) atoms. The number of hydrogen-bond acceptors (Lipinski definition) is 5. The van der Waals surface area contributed by atoms with E-state index in [1.165, 1.54) is 0 Å². The highest BCUT2D eigenvalue weighted by molar-refractivity contribution is 7.91. The van der Waals surface area contributed by atoms with Crippen molar-refractivity contribution in [1.29, 1.82) is 0 Å². The standard InChI is InChI=1S/C10H20N2O3S/c13-16(14)7-4-12(5-8-16)3-1-10-9-15-6-2-11-10/h10-11H,1-9H2. The summed E-state index contributed by atoms with van der Waals surface area (Å²) in [7, 11) is -2.74. The van der Waals surface area contributed by atoms with E-state index in [4.69, 9.17) is 4.74 Å². The van der Waals surface area contributed by atoms with Crippen LogP contribution in [0.1, 0.15) is 6.42 Å². The Morgan fingerprint density at radius 2 is 2.06 bits per heavy atom. The molecular weight excluding hydrogens is 228 g/mol. The molecule has 94 valence electrons. The third-order valence-electron chi connectivity index (χ3n) is 3.23. The first-order valence-corrected chi connectivity index (χ1v) is 7.72. The molecule has 0 aromatic carbocycles. The zero-order valence-corrected chi connectivity index (χ0v) is 10.3. The van der Waals surface area contributed by atoms with E-state index in [1.54, 1.807) is 0 Å². The van der Waals surface area contributed by atoms with E-state index in [0.717, 1.165) is 32.7 Å². The second-order valence-electron chi connectivity index (χ2n) is 4.51. The zero-order valence-electron chi connectivity index (χ0n) is 9.52. The summed E-state index contributed by atoms with van der Waals surface area (Å²) in [5, 5.41) is 3.41. The molecule has 0 aromatic rings. The van der Waals surface area contributed by atoms with Crippen LogP contribution < -0.4 is 5.32 Å². The summed E-state index contributed by atoms with van der Waals surface area (Å²) < 4.78 is 27.9. The average molecular weight is 248 g/mol. The molecule has 0 radical (unpaired) electrons. The predicted octanol–water partition coefficient (Wildman–Crippen LogP) is -0.905. The Balaban J connectivity index is 1.67. The molecule has 5 nitrogen and oxygen atoms in total. The van der Waals surface area contributed by atoms with E-state index in [1.807, 2.05) is 0 Å². The van der Waals surface area contributed by atoms with Crippen LogP contribution in [0.25, 0.3) is 0 Å². The summed E-state index contributed by atoms with van der Waals surface area (Å²) in [6.07, 6.45) is 1.04. The fourth-order valence-corrected chi connectivity index (χ4v) is 3.39. The van der Waals surface area contributed by atoms with Gasteiger partial charge >= 0.3 is 0 Å². The lowest BCUT2D eigenvalue weighted by Gasteiger charge is -2.29. The monoisotopic (exact) mass is 248 g/mol. The highest BCUT2D eigenvalue weighted by Crippen LogP contribution is 2.06. The molecule has 2 aliphatic heterocycles. The summed E-state index contributed by atoms with van der Waals surface area (Å²) in [6.45, 7) is 4.87. The van der Waals surface area contributed by atoms with E-state index in [0.29, 0.717) is 30.6 Å². The minimum atomic E-state index is -2.74. The van der Waals surface area contributed by atoms with Crippen LogP contribution in [0.15, 0.2) is 0 Å². The van der Waals surface area contributed by atoms with Crippen molar-refractivity contribution in [2.75, 3.05) is 50.9 Å². The van der Waals surface area contributed by atoms with Crippen molar-refractivity contribution in [1.82, 2.24) is 10.2 Å². The first-order chi connectivity index (χ1) is 7.66. The minimum absolute atomic E-state index is 0.321. The van der Waals surface area contributed by atoms with Crippen molar-refractivity contribution in [2.45, 2.75) is 12.5 Å². The molecule has 0 bridgehead atoms. The van der Waals surface area contributed by atoms with Crippen LogP contribution in [0.3, 0.4) is 0 Å². The lowest BCUT2D eigenvalue weighted by Crippen LogP contribution is -2.45. The Labute approximate surface area is 97.1 Å². The highest BCUT2D eigenvalue weighted by Gasteiger charge is 2.22. The number of nitrogens with zero attached hydrogens (tertiary/aromatic N) is 1. The van der Waals surface area contributed by atoms with E-state index < -0.39 is 9.84 Å². The summed E-state index contributed by atoms with van der Waals surface area (Å²) in [5.74, 6) is 0.642. The Morgan fingerprint density at radius 1 is 1.31 bits per heavy atom. The number of nitrogens with one attached hydrogen (secondary N) is 1. The van der Waals surface area contributed by atoms with E-state index >= 15 is 0 Å². The predicted molar refractivity (Wildman–Crippen MR) is 62.3 cm³/mol. The molecule has 6 heteroatoms. The van der Waals surface area contributed by atoms with Gasteiger partial charge in [-0.3, -0.25) is 0 Å². The van der Waals surface area contributed by atoms with Gasteiger partial charge < -0.3 is 15.0 Å². The molecule has 1 unspecified atom stereocenters. The number of rotatable bonds is 3. The number of morpholine rings is 1. The van der Waals surface area contributed by atoms with E-state index in [2.05, 4.69) is 10.2 Å². The van der Waals surface area contributed by atoms with Gasteiger partial charge in [0, 0.05) is 25.7 Å². The van der Waals surface area contributed by atoms with Crippen molar-refractivity contribution in [2.24, 2.45) is 0 Å². The topological polar surface area (TPSA) is 58.6 Å². The molecule has 0 spiro atoms. The Kier molecular flexibility index (Phi) is 4.18. The summed E-state index contributed by atoms with van der Waals surface area (Å²) in [4.78, 5) is 2.23. The Hall–Kier alpha value is -0.170. The Bertz CT molecular complexity index is 298. The van der Waals surface area contributed by atoms with Gasteiger partial charge in [-0.15, -0.1) is 0 Å². The van der Waals surface area contributed by atoms with Crippen molar-refractivity contribution >= 4 is 9.84 Å². The van der Waals surface area contributed by atoms with Crippen LogP contribution in [-0.4, -0.2) is 70.3 Å². The van der Waals surface area contributed by atoms with Crippen LogP contribution in [0.4, 0.5) is 0 Å². The van der Waals surface area contributed by atoms with Crippen molar-refractivity contribution < 1.29 is 13.2 Å². The summed E-state index contributed by atoms with van der Waals surface area (Å²) in [6, 6.07) is 0.437. The highest BCUT2D eigenvalue weighted by atomic mass is 32.2. The van der Waals surface area contributed by atoms with Crippen molar-refractivity contribution in [3.8, 4) is 0 Å². The molecule has 1 N–H and O–H groups in total. The quantitative estimate of drug-likeness (QED) is 0.701. The van der Waals surface area contributed by atoms with Crippen molar-refractivity contribution in [3.63, 3.8) is 0 Å². The molecule has 2 heterocycles. The van der Waals surface area contributed by atoms with E-state index in [-0.39, 0.29) is 0 Å². The molecule has 2 fully saturated rings. The van der Waals surface area contributed by atoms with Gasteiger partial charge in [0.15, 0.2) is 9.84 Å². The number of ether oxygens (including phenoxy) is 1.